The summed E-state index contributed by atoms with van der Waals surface area (Å²) in [5.74, 6) is -1.31. The molecule has 0 spiro atoms. The number of carboxylic acids is 1. The number of benzene rings is 1. The van der Waals surface area contributed by atoms with Crippen LogP contribution in [0.5, 0.6) is 0 Å². The van der Waals surface area contributed by atoms with E-state index in [2.05, 4.69) is 50.4 Å². The number of likely N-dealkylation sites (N-methyl/N-ethyl adjacent to an activating group) is 1. The maximum Gasteiger partial charge on any atom is 0.322 e. The number of nitrogens with one attached hydrogen (secondary N) is 1. The second kappa shape index (κ2) is 7.22. The maximum absolute atomic E-state index is 11.6. The van der Waals surface area contributed by atoms with Crippen LogP contribution in [0, 0.1) is 6.92 Å². The van der Waals surface area contributed by atoms with Crippen LogP contribution in [0.15, 0.2) is 24.3 Å². The highest BCUT2D eigenvalue weighted by atomic mass is 16.4. The second-order valence-corrected chi connectivity index (χ2v) is 6.09. The summed E-state index contributed by atoms with van der Waals surface area (Å²) in [6.45, 7) is 6.86. The summed E-state index contributed by atoms with van der Waals surface area (Å²) in [6, 6.07) is 8.37. The van der Waals surface area contributed by atoms with Gasteiger partial charge in [0.25, 0.3) is 0 Å². The number of aryl methyl sites for hydroxylation is 1. The number of nitrogens with zero attached hydrogens (tertiary/aromatic N) is 1. The Bertz CT molecular complexity index is 495. The molecule has 0 aliphatic heterocycles. The van der Waals surface area contributed by atoms with Crippen LogP contribution in [0.3, 0.4) is 0 Å². The van der Waals surface area contributed by atoms with Crippen molar-refractivity contribution in [3.63, 3.8) is 0 Å². The van der Waals surface area contributed by atoms with Crippen LogP contribution in [-0.2, 0) is 15.0 Å². The zero-order chi connectivity index (χ0) is 16.0. The summed E-state index contributed by atoms with van der Waals surface area (Å²) in [4.78, 5) is 23.9. The zero-order valence-electron chi connectivity index (χ0n) is 13.1. The third kappa shape index (κ3) is 5.95. The monoisotopic (exact) mass is 292 g/mol. The molecule has 0 saturated carbocycles. The van der Waals surface area contributed by atoms with Crippen molar-refractivity contribution in [2.75, 3.05) is 26.7 Å². The van der Waals surface area contributed by atoms with Crippen LogP contribution in [-0.4, -0.2) is 48.6 Å². The molecule has 21 heavy (non-hydrogen) atoms. The lowest BCUT2D eigenvalue weighted by Crippen LogP contribution is -2.42. The molecule has 116 valence electrons. The highest BCUT2D eigenvalue weighted by molar-refractivity contribution is 5.82. The summed E-state index contributed by atoms with van der Waals surface area (Å²) in [5, 5.41) is 10.9. The summed E-state index contributed by atoms with van der Waals surface area (Å²) in [5.41, 5.74) is 2.34. The minimum Gasteiger partial charge on any atom is -0.480 e. The van der Waals surface area contributed by atoms with Gasteiger partial charge in [0.05, 0.1) is 6.54 Å². The van der Waals surface area contributed by atoms with Gasteiger partial charge in [0.2, 0.25) is 5.91 Å². The van der Waals surface area contributed by atoms with Crippen LogP contribution in [0.1, 0.15) is 25.0 Å². The van der Waals surface area contributed by atoms with Crippen molar-refractivity contribution < 1.29 is 14.7 Å². The number of carbonyl (C=O) groups excluding carboxylic acids is 1. The number of aliphatic carboxylic acids is 1. The Morgan fingerprint density at radius 3 is 2.33 bits per heavy atom. The van der Waals surface area contributed by atoms with E-state index in [1.807, 2.05) is 11.9 Å². The van der Waals surface area contributed by atoms with E-state index in [0.717, 1.165) is 0 Å². The van der Waals surface area contributed by atoms with Gasteiger partial charge in [-0.1, -0.05) is 43.7 Å². The molecule has 0 fully saturated rings. The highest BCUT2D eigenvalue weighted by Crippen LogP contribution is 2.24. The lowest BCUT2D eigenvalue weighted by molar-refractivity contribution is -0.138. The van der Waals surface area contributed by atoms with Crippen molar-refractivity contribution in [2.24, 2.45) is 0 Å². The number of hydrogen-bond acceptors (Lipinski definition) is 3. The van der Waals surface area contributed by atoms with Gasteiger partial charge in [0, 0.05) is 12.0 Å². The average molecular weight is 292 g/mol. The first-order valence-corrected chi connectivity index (χ1v) is 6.95. The van der Waals surface area contributed by atoms with Crippen LogP contribution in [0.25, 0.3) is 0 Å². The molecule has 2 N–H and O–H groups in total. The van der Waals surface area contributed by atoms with Crippen LogP contribution >= 0.6 is 0 Å². The van der Waals surface area contributed by atoms with Gasteiger partial charge in [0.15, 0.2) is 0 Å². The molecule has 0 aliphatic carbocycles. The fraction of sp³-hybridized carbons (Fsp3) is 0.500. The Morgan fingerprint density at radius 2 is 1.81 bits per heavy atom. The van der Waals surface area contributed by atoms with E-state index in [9.17, 15) is 9.59 Å². The minimum absolute atomic E-state index is 0.0878. The number of hydrogen-bond donors (Lipinski definition) is 2. The molecule has 0 radical (unpaired) electrons. The Morgan fingerprint density at radius 1 is 1.24 bits per heavy atom. The van der Waals surface area contributed by atoms with Crippen molar-refractivity contribution in [1.29, 1.82) is 0 Å². The Kier molecular flexibility index (Phi) is 5.90. The normalized spacial score (nSPS) is 11.5. The van der Waals surface area contributed by atoms with Crippen molar-refractivity contribution in [2.45, 2.75) is 26.2 Å². The Labute approximate surface area is 126 Å². The van der Waals surface area contributed by atoms with Crippen molar-refractivity contribution >= 4 is 11.9 Å². The first-order valence-electron chi connectivity index (χ1n) is 6.95. The van der Waals surface area contributed by atoms with Gasteiger partial charge in [-0.15, -0.1) is 0 Å². The quantitative estimate of drug-likeness (QED) is 0.797. The molecule has 0 bridgehead atoms. The van der Waals surface area contributed by atoms with E-state index in [1.165, 1.54) is 11.1 Å². The molecule has 0 saturated heterocycles. The molecule has 0 atom stereocenters. The van der Waals surface area contributed by atoms with Gasteiger partial charge in [-0.05, 0) is 19.5 Å². The lowest BCUT2D eigenvalue weighted by Gasteiger charge is -2.30. The standard InChI is InChI=1S/C16H24N2O3/c1-12-5-7-13(8-6-12)16(2,3)11-18(4)10-14(19)17-9-15(20)21/h5-8H,9-11H2,1-4H3,(H,17,19)(H,20,21). The summed E-state index contributed by atoms with van der Waals surface area (Å²) in [6.07, 6.45) is 0. The number of rotatable bonds is 7. The molecular weight excluding hydrogens is 268 g/mol. The van der Waals surface area contributed by atoms with E-state index in [0.29, 0.717) is 6.54 Å². The first-order chi connectivity index (χ1) is 9.70. The van der Waals surface area contributed by atoms with Gasteiger partial charge >= 0.3 is 5.97 Å². The predicted molar refractivity (Wildman–Crippen MR) is 82.3 cm³/mol. The molecular formula is C16H24N2O3. The Hall–Kier alpha value is -1.88. The van der Waals surface area contributed by atoms with Gasteiger partial charge in [0.1, 0.15) is 6.54 Å². The molecule has 0 unspecified atom stereocenters. The highest BCUT2D eigenvalue weighted by Gasteiger charge is 2.23. The molecule has 0 heterocycles. The van der Waals surface area contributed by atoms with E-state index in [1.54, 1.807) is 0 Å². The lowest BCUT2D eigenvalue weighted by atomic mass is 9.84. The van der Waals surface area contributed by atoms with Gasteiger partial charge < -0.3 is 10.4 Å². The molecule has 5 nitrogen and oxygen atoms in total. The van der Waals surface area contributed by atoms with Gasteiger partial charge in [-0.2, -0.15) is 0 Å². The van der Waals surface area contributed by atoms with Crippen LogP contribution in [0.2, 0.25) is 0 Å². The SMILES string of the molecule is Cc1ccc(C(C)(C)CN(C)CC(=O)NCC(=O)O)cc1. The molecule has 1 rings (SSSR count). The van der Waals surface area contributed by atoms with E-state index >= 15 is 0 Å². The predicted octanol–water partition coefficient (Wildman–Crippen LogP) is 1.41. The molecule has 1 aromatic carbocycles. The van der Waals surface area contributed by atoms with E-state index in [4.69, 9.17) is 5.11 Å². The largest absolute Gasteiger partial charge is 0.480 e. The van der Waals surface area contributed by atoms with Crippen molar-refractivity contribution in [3.8, 4) is 0 Å². The molecule has 0 aliphatic rings. The van der Waals surface area contributed by atoms with Crippen molar-refractivity contribution in [1.82, 2.24) is 10.2 Å². The fourth-order valence-electron chi connectivity index (χ4n) is 2.30. The van der Waals surface area contributed by atoms with Crippen molar-refractivity contribution in [3.05, 3.63) is 35.4 Å². The Balaban J connectivity index is 2.56. The minimum atomic E-state index is -1.04. The average Bonchev–Trinajstić information content (AvgIpc) is 2.36. The summed E-state index contributed by atoms with van der Waals surface area (Å²) >= 11 is 0. The fourth-order valence-corrected chi connectivity index (χ4v) is 2.30. The van der Waals surface area contributed by atoms with Gasteiger partial charge in [-0.3, -0.25) is 14.5 Å². The second-order valence-electron chi connectivity index (χ2n) is 6.09. The summed E-state index contributed by atoms with van der Waals surface area (Å²) in [7, 11) is 1.86. The zero-order valence-corrected chi connectivity index (χ0v) is 13.1. The van der Waals surface area contributed by atoms with E-state index < -0.39 is 5.97 Å². The molecule has 1 amide bonds. The molecule has 1 aromatic rings. The first kappa shape index (κ1) is 17.2. The summed E-state index contributed by atoms with van der Waals surface area (Å²) < 4.78 is 0. The van der Waals surface area contributed by atoms with Gasteiger partial charge in [-0.25, -0.2) is 0 Å². The number of amides is 1. The van der Waals surface area contributed by atoms with Crippen LogP contribution in [0.4, 0.5) is 0 Å². The number of carbonyl (C=O) groups is 2. The topological polar surface area (TPSA) is 69.6 Å². The maximum atomic E-state index is 11.6. The molecule has 0 aromatic heterocycles. The third-order valence-electron chi connectivity index (χ3n) is 3.35. The van der Waals surface area contributed by atoms with E-state index in [-0.39, 0.29) is 24.4 Å². The molecule has 5 heteroatoms. The number of carboxylic acid groups (broad SMARTS) is 1. The smallest absolute Gasteiger partial charge is 0.322 e. The third-order valence-corrected chi connectivity index (χ3v) is 3.35. The van der Waals surface area contributed by atoms with Crippen LogP contribution < -0.4 is 5.32 Å².